The molecule has 3 amide bonds. The summed E-state index contributed by atoms with van der Waals surface area (Å²) < 4.78 is 5.50. The molecule has 0 aromatic rings. The molecule has 0 aliphatic carbocycles. The van der Waals surface area contributed by atoms with Crippen molar-refractivity contribution in [3.05, 3.63) is 0 Å². The van der Waals surface area contributed by atoms with Gasteiger partial charge in [0.25, 0.3) is 0 Å². The van der Waals surface area contributed by atoms with E-state index >= 15 is 0 Å². The number of primary amides is 1. The van der Waals surface area contributed by atoms with Crippen molar-refractivity contribution in [2.24, 2.45) is 11.1 Å². The number of piperazine rings is 1. The molecular weight excluding hydrogens is 362 g/mol. The monoisotopic (exact) mass is 397 g/mol. The van der Waals surface area contributed by atoms with E-state index in [4.69, 9.17) is 10.5 Å². The van der Waals surface area contributed by atoms with Gasteiger partial charge in [0.1, 0.15) is 18.7 Å². The summed E-state index contributed by atoms with van der Waals surface area (Å²) in [5.74, 6) is -1.09. The fraction of sp³-hybridized carbons (Fsp3) is 0.842. The number of nitrogens with two attached hydrogens (primary N) is 1. The first-order valence-electron chi connectivity index (χ1n) is 10.1. The van der Waals surface area contributed by atoms with Gasteiger partial charge in [0.2, 0.25) is 17.7 Å². The van der Waals surface area contributed by atoms with Gasteiger partial charge in [-0.05, 0) is 18.3 Å². The molecule has 2 unspecified atom stereocenters. The molecule has 0 spiro atoms. The minimum Gasteiger partial charge on any atom is -0.370 e. The van der Waals surface area contributed by atoms with Crippen molar-refractivity contribution >= 4 is 17.7 Å². The predicted octanol–water partition coefficient (Wildman–Crippen LogP) is -1.08. The van der Waals surface area contributed by atoms with Crippen LogP contribution < -0.4 is 16.4 Å². The Labute approximate surface area is 167 Å². The lowest BCUT2D eigenvalue weighted by atomic mass is 9.85. The van der Waals surface area contributed by atoms with E-state index in [2.05, 4.69) is 15.5 Å². The number of nitrogens with one attached hydrogen (secondary N) is 2. The predicted molar refractivity (Wildman–Crippen MR) is 105 cm³/mol. The third-order valence-electron chi connectivity index (χ3n) is 5.28. The highest BCUT2D eigenvalue weighted by Gasteiger charge is 2.41. The number of ether oxygens (including phenoxy) is 1. The zero-order valence-corrected chi connectivity index (χ0v) is 17.3. The Hall–Kier alpha value is -1.71. The van der Waals surface area contributed by atoms with Crippen LogP contribution in [-0.4, -0.2) is 92.1 Å². The summed E-state index contributed by atoms with van der Waals surface area (Å²) in [6.07, 6.45) is 1.31. The zero-order valence-electron chi connectivity index (χ0n) is 17.3. The Balaban J connectivity index is 1.84. The molecule has 2 heterocycles. The maximum absolute atomic E-state index is 13.0. The van der Waals surface area contributed by atoms with Gasteiger partial charge in [-0.15, -0.1) is 0 Å². The molecule has 160 valence electrons. The summed E-state index contributed by atoms with van der Waals surface area (Å²) in [6, 6.07) is -1.33. The molecule has 28 heavy (non-hydrogen) atoms. The van der Waals surface area contributed by atoms with Crippen molar-refractivity contribution in [2.45, 2.75) is 45.7 Å². The average Bonchev–Trinajstić information content (AvgIpc) is 3.13. The van der Waals surface area contributed by atoms with E-state index < -0.39 is 23.4 Å². The number of rotatable bonds is 8. The van der Waals surface area contributed by atoms with Gasteiger partial charge < -0.3 is 26.0 Å². The van der Waals surface area contributed by atoms with Crippen LogP contribution in [0.25, 0.3) is 0 Å². The standard InChI is InChI=1S/C19H35N5O4/c1-19(2,3)16(18(27)24-8-4-5-14(24)17(20)26)22-15(25)13-28-12-11-23-9-6-21-7-10-23/h14,16,21H,4-13H2,1-3H3,(H2,20,26)(H,22,25). The Morgan fingerprint density at radius 3 is 2.50 bits per heavy atom. The molecule has 0 saturated carbocycles. The first-order chi connectivity index (χ1) is 13.2. The molecule has 0 radical (unpaired) electrons. The van der Waals surface area contributed by atoms with Gasteiger partial charge in [-0.2, -0.15) is 0 Å². The molecule has 0 aromatic heterocycles. The van der Waals surface area contributed by atoms with Crippen LogP contribution in [-0.2, 0) is 19.1 Å². The van der Waals surface area contributed by atoms with Crippen LogP contribution in [0.15, 0.2) is 0 Å². The molecule has 2 rings (SSSR count). The zero-order chi connectivity index (χ0) is 20.7. The molecular formula is C19H35N5O4. The number of hydrogen-bond donors (Lipinski definition) is 3. The SMILES string of the molecule is CC(C)(C)C(NC(=O)COCCN1CCNCC1)C(=O)N1CCCC1C(N)=O. The number of likely N-dealkylation sites (tertiary alicyclic amines) is 1. The van der Waals surface area contributed by atoms with E-state index in [1.54, 1.807) is 0 Å². The lowest BCUT2D eigenvalue weighted by Gasteiger charge is -2.35. The van der Waals surface area contributed by atoms with Crippen LogP contribution >= 0.6 is 0 Å². The summed E-state index contributed by atoms with van der Waals surface area (Å²) in [6.45, 7) is 11.2. The smallest absolute Gasteiger partial charge is 0.246 e. The summed E-state index contributed by atoms with van der Waals surface area (Å²) in [5.41, 5.74) is 4.93. The second kappa shape index (κ2) is 10.2. The van der Waals surface area contributed by atoms with Crippen LogP contribution in [0.5, 0.6) is 0 Å². The van der Waals surface area contributed by atoms with Crippen LogP contribution in [0.4, 0.5) is 0 Å². The Bertz CT molecular complexity index is 557. The van der Waals surface area contributed by atoms with E-state index in [1.807, 2.05) is 20.8 Å². The topological polar surface area (TPSA) is 117 Å². The van der Waals surface area contributed by atoms with Gasteiger partial charge in [-0.3, -0.25) is 19.3 Å². The molecule has 2 fully saturated rings. The maximum atomic E-state index is 13.0. The molecule has 9 nitrogen and oxygen atoms in total. The van der Waals surface area contributed by atoms with Crippen molar-refractivity contribution in [2.75, 3.05) is 52.5 Å². The van der Waals surface area contributed by atoms with Crippen molar-refractivity contribution in [1.29, 1.82) is 0 Å². The number of hydrogen-bond acceptors (Lipinski definition) is 6. The number of amides is 3. The van der Waals surface area contributed by atoms with Crippen molar-refractivity contribution in [1.82, 2.24) is 20.4 Å². The third kappa shape index (κ3) is 6.42. The highest BCUT2D eigenvalue weighted by molar-refractivity contribution is 5.92. The largest absolute Gasteiger partial charge is 0.370 e. The minimum absolute atomic E-state index is 0.0921. The molecule has 2 atom stereocenters. The Morgan fingerprint density at radius 2 is 1.89 bits per heavy atom. The van der Waals surface area contributed by atoms with E-state index in [0.717, 1.165) is 39.1 Å². The fourth-order valence-electron chi connectivity index (χ4n) is 3.64. The lowest BCUT2D eigenvalue weighted by Crippen LogP contribution is -2.57. The van der Waals surface area contributed by atoms with E-state index in [1.165, 1.54) is 4.90 Å². The van der Waals surface area contributed by atoms with Crippen molar-refractivity contribution in [3.8, 4) is 0 Å². The quantitative estimate of drug-likeness (QED) is 0.449. The van der Waals surface area contributed by atoms with Gasteiger partial charge in [0, 0.05) is 39.3 Å². The second-order valence-electron chi connectivity index (χ2n) is 8.60. The Kier molecular flexibility index (Phi) is 8.21. The highest BCUT2D eigenvalue weighted by Crippen LogP contribution is 2.25. The number of carbonyl (C=O) groups excluding carboxylic acids is 3. The first-order valence-corrected chi connectivity index (χ1v) is 10.1. The molecule has 0 aromatic carbocycles. The molecule has 9 heteroatoms. The number of carbonyl (C=O) groups is 3. The van der Waals surface area contributed by atoms with Gasteiger partial charge in [-0.1, -0.05) is 20.8 Å². The van der Waals surface area contributed by atoms with Gasteiger partial charge in [0.15, 0.2) is 0 Å². The Morgan fingerprint density at radius 1 is 1.21 bits per heavy atom. The summed E-state index contributed by atoms with van der Waals surface area (Å²) in [4.78, 5) is 40.8. The maximum Gasteiger partial charge on any atom is 0.246 e. The number of nitrogens with zero attached hydrogens (tertiary/aromatic N) is 2. The third-order valence-corrected chi connectivity index (χ3v) is 5.28. The van der Waals surface area contributed by atoms with Crippen LogP contribution in [0.1, 0.15) is 33.6 Å². The average molecular weight is 398 g/mol. The normalized spacial score (nSPS) is 22.1. The van der Waals surface area contributed by atoms with Crippen molar-refractivity contribution in [3.63, 3.8) is 0 Å². The van der Waals surface area contributed by atoms with Crippen LogP contribution in [0.2, 0.25) is 0 Å². The van der Waals surface area contributed by atoms with E-state index in [9.17, 15) is 14.4 Å². The molecule has 2 aliphatic rings. The molecule has 4 N–H and O–H groups in total. The molecule has 2 aliphatic heterocycles. The fourth-order valence-corrected chi connectivity index (χ4v) is 3.64. The van der Waals surface area contributed by atoms with E-state index in [0.29, 0.717) is 19.6 Å². The summed E-state index contributed by atoms with van der Waals surface area (Å²) in [5, 5.41) is 6.09. The van der Waals surface area contributed by atoms with Crippen LogP contribution in [0, 0.1) is 5.41 Å². The van der Waals surface area contributed by atoms with Gasteiger partial charge in [-0.25, -0.2) is 0 Å². The van der Waals surface area contributed by atoms with Crippen molar-refractivity contribution < 1.29 is 19.1 Å². The first kappa shape index (κ1) is 22.6. The molecule has 2 saturated heterocycles. The second-order valence-corrected chi connectivity index (χ2v) is 8.60. The van der Waals surface area contributed by atoms with E-state index in [-0.39, 0.29) is 18.4 Å². The summed E-state index contributed by atoms with van der Waals surface area (Å²) in [7, 11) is 0. The lowest BCUT2D eigenvalue weighted by molar-refractivity contribution is -0.143. The van der Waals surface area contributed by atoms with Crippen LogP contribution in [0.3, 0.4) is 0 Å². The van der Waals surface area contributed by atoms with Gasteiger partial charge in [0.05, 0.1) is 6.61 Å². The minimum atomic E-state index is -0.739. The summed E-state index contributed by atoms with van der Waals surface area (Å²) >= 11 is 0. The highest BCUT2D eigenvalue weighted by atomic mass is 16.5. The molecule has 0 bridgehead atoms. The van der Waals surface area contributed by atoms with Gasteiger partial charge >= 0.3 is 0 Å².